The highest BCUT2D eigenvalue weighted by atomic mass is 32.1. The number of para-hydroxylation sites is 1. The first-order valence-corrected chi connectivity index (χ1v) is 12.1. The minimum atomic E-state index is -0.381. The van der Waals surface area contributed by atoms with Crippen LogP contribution in [0.1, 0.15) is 60.9 Å². The quantitative estimate of drug-likeness (QED) is 0.365. The van der Waals surface area contributed by atoms with E-state index in [0.717, 1.165) is 54.5 Å². The number of anilines is 1. The highest BCUT2D eigenvalue weighted by Gasteiger charge is 2.26. The van der Waals surface area contributed by atoms with E-state index in [1.165, 1.54) is 34.7 Å². The standard InChI is InChI=1S/C24H25NO4S2/c1-15-8-6-7-10-18(15)29-13-16-12-20(30-14-16)22(26)25-23-21(24(27)28-2)17-9-4-3-5-11-19(17)31-23/h6-8,10,12,14H,3-5,9,11,13H2,1-2H3,(H,25,26). The molecule has 1 aliphatic rings. The minimum Gasteiger partial charge on any atom is -0.489 e. The minimum absolute atomic E-state index is 0.214. The molecule has 1 N–H and O–H groups in total. The van der Waals surface area contributed by atoms with Crippen molar-refractivity contribution < 1.29 is 19.1 Å². The normalized spacial score (nSPS) is 13.2. The lowest BCUT2D eigenvalue weighted by molar-refractivity contribution is 0.0601. The number of hydrogen-bond acceptors (Lipinski definition) is 6. The lowest BCUT2D eigenvalue weighted by atomic mass is 10.1. The molecule has 0 spiro atoms. The van der Waals surface area contributed by atoms with Crippen LogP contribution in [0.25, 0.3) is 0 Å². The molecule has 3 aromatic rings. The third kappa shape index (κ3) is 4.83. The summed E-state index contributed by atoms with van der Waals surface area (Å²) in [5.74, 6) is 0.240. The molecule has 5 nitrogen and oxygen atoms in total. The Morgan fingerprint density at radius 3 is 2.74 bits per heavy atom. The first kappa shape index (κ1) is 21.6. The third-order valence-electron chi connectivity index (χ3n) is 5.40. The first-order valence-electron chi connectivity index (χ1n) is 10.4. The van der Waals surface area contributed by atoms with Crippen molar-refractivity contribution in [1.29, 1.82) is 0 Å². The molecule has 0 aliphatic heterocycles. The second kappa shape index (κ2) is 9.66. The predicted octanol–water partition coefficient (Wildman–Crippen LogP) is 6.00. The van der Waals surface area contributed by atoms with Crippen molar-refractivity contribution in [2.24, 2.45) is 0 Å². The van der Waals surface area contributed by atoms with Crippen molar-refractivity contribution in [3.63, 3.8) is 0 Å². The molecule has 0 saturated heterocycles. The van der Waals surface area contributed by atoms with E-state index in [1.807, 2.05) is 42.6 Å². The maximum absolute atomic E-state index is 12.9. The average molecular weight is 456 g/mol. The largest absolute Gasteiger partial charge is 0.489 e. The van der Waals surface area contributed by atoms with Crippen LogP contribution < -0.4 is 10.1 Å². The molecule has 7 heteroatoms. The molecule has 31 heavy (non-hydrogen) atoms. The van der Waals surface area contributed by atoms with Crippen LogP contribution in [0, 0.1) is 6.92 Å². The molecule has 1 aromatic carbocycles. The molecule has 2 aromatic heterocycles. The highest BCUT2D eigenvalue weighted by molar-refractivity contribution is 7.17. The number of fused-ring (bicyclic) bond motifs is 1. The number of methoxy groups -OCH3 is 1. The van der Waals surface area contributed by atoms with E-state index < -0.39 is 0 Å². The Labute approximate surface area is 190 Å². The van der Waals surface area contributed by atoms with Crippen LogP contribution in [0.3, 0.4) is 0 Å². The van der Waals surface area contributed by atoms with Gasteiger partial charge in [0.05, 0.1) is 17.6 Å². The molecule has 0 fully saturated rings. The molecule has 1 aliphatic carbocycles. The van der Waals surface area contributed by atoms with Gasteiger partial charge in [-0.25, -0.2) is 4.79 Å². The van der Waals surface area contributed by atoms with E-state index in [1.54, 1.807) is 0 Å². The summed E-state index contributed by atoms with van der Waals surface area (Å²) in [6.07, 6.45) is 5.12. The second-order valence-corrected chi connectivity index (χ2v) is 9.60. The van der Waals surface area contributed by atoms with Gasteiger partial charge in [0.1, 0.15) is 17.4 Å². The summed E-state index contributed by atoms with van der Waals surface area (Å²) in [6, 6.07) is 9.70. The topological polar surface area (TPSA) is 64.6 Å². The van der Waals surface area contributed by atoms with Gasteiger partial charge in [-0.15, -0.1) is 22.7 Å². The molecule has 0 atom stereocenters. The molecule has 0 saturated carbocycles. The Hall–Kier alpha value is -2.64. The monoisotopic (exact) mass is 455 g/mol. The fourth-order valence-corrected chi connectivity index (χ4v) is 5.83. The zero-order chi connectivity index (χ0) is 21.8. The lowest BCUT2D eigenvalue weighted by Crippen LogP contribution is -2.13. The van der Waals surface area contributed by atoms with Crippen LogP contribution in [-0.2, 0) is 24.2 Å². The van der Waals surface area contributed by atoms with Crippen molar-refractivity contribution >= 4 is 39.6 Å². The molecule has 162 valence electrons. The number of rotatable bonds is 6. The van der Waals surface area contributed by atoms with Crippen LogP contribution in [0.5, 0.6) is 5.75 Å². The third-order valence-corrected chi connectivity index (χ3v) is 7.59. The van der Waals surface area contributed by atoms with Gasteiger partial charge in [-0.3, -0.25) is 4.79 Å². The van der Waals surface area contributed by atoms with Crippen LogP contribution in [-0.4, -0.2) is 19.0 Å². The Morgan fingerprint density at radius 1 is 1.13 bits per heavy atom. The number of esters is 1. The number of amides is 1. The zero-order valence-corrected chi connectivity index (χ0v) is 19.3. The number of ether oxygens (including phenoxy) is 2. The van der Waals surface area contributed by atoms with Gasteiger partial charge in [-0.2, -0.15) is 0 Å². The van der Waals surface area contributed by atoms with Gasteiger partial charge < -0.3 is 14.8 Å². The number of carbonyl (C=O) groups is 2. The summed E-state index contributed by atoms with van der Waals surface area (Å²) in [5, 5.41) is 5.49. The number of nitrogens with one attached hydrogen (secondary N) is 1. The number of thiophene rings is 2. The van der Waals surface area contributed by atoms with Gasteiger partial charge in [0, 0.05) is 10.4 Å². The van der Waals surface area contributed by atoms with Gasteiger partial charge in [0.2, 0.25) is 0 Å². The predicted molar refractivity (Wildman–Crippen MR) is 125 cm³/mol. The molecule has 0 unspecified atom stereocenters. The van der Waals surface area contributed by atoms with Gasteiger partial charge in [-0.1, -0.05) is 24.6 Å². The number of hydrogen-bond donors (Lipinski definition) is 1. The van der Waals surface area contributed by atoms with Crippen LogP contribution >= 0.6 is 22.7 Å². The van der Waals surface area contributed by atoms with E-state index in [9.17, 15) is 9.59 Å². The van der Waals surface area contributed by atoms with Gasteiger partial charge in [0.15, 0.2) is 0 Å². The maximum Gasteiger partial charge on any atom is 0.341 e. The average Bonchev–Trinajstić information content (AvgIpc) is 3.31. The Balaban J connectivity index is 1.49. The molecular formula is C24H25NO4S2. The Morgan fingerprint density at radius 2 is 1.94 bits per heavy atom. The fourth-order valence-electron chi connectivity index (χ4n) is 3.76. The summed E-state index contributed by atoms with van der Waals surface area (Å²) in [7, 11) is 1.38. The summed E-state index contributed by atoms with van der Waals surface area (Å²) in [4.78, 5) is 27.2. The highest BCUT2D eigenvalue weighted by Crippen LogP contribution is 2.38. The molecule has 1 amide bonds. The summed E-state index contributed by atoms with van der Waals surface area (Å²) < 4.78 is 10.9. The molecule has 0 bridgehead atoms. The Bertz CT molecular complexity index is 1100. The van der Waals surface area contributed by atoms with Crippen LogP contribution in [0.15, 0.2) is 35.7 Å². The molecular weight excluding hydrogens is 430 g/mol. The number of benzene rings is 1. The van der Waals surface area contributed by atoms with Gasteiger partial charge >= 0.3 is 5.97 Å². The van der Waals surface area contributed by atoms with E-state index in [-0.39, 0.29) is 11.9 Å². The van der Waals surface area contributed by atoms with Crippen LogP contribution in [0.2, 0.25) is 0 Å². The number of carbonyl (C=O) groups excluding carboxylic acids is 2. The Kier molecular flexibility index (Phi) is 6.73. The SMILES string of the molecule is COC(=O)c1c(NC(=O)c2cc(COc3ccccc3C)cs2)sc2c1CCCCC2. The van der Waals surface area contributed by atoms with Crippen molar-refractivity contribution in [1.82, 2.24) is 0 Å². The van der Waals surface area contributed by atoms with E-state index in [4.69, 9.17) is 9.47 Å². The summed E-state index contributed by atoms with van der Waals surface area (Å²) >= 11 is 2.88. The first-order chi connectivity index (χ1) is 15.1. The lowest BCUT2D eigenvalue weighted by Gasteiger charge is -2.07. The molecule has 4 rings (SSSR count). The van der Waals surface area contributed by atoms with Crippen molar-refractivity contribution in [2.75, 3.05) is 12.4 Å². The summed E-state index contributed by atoms with van der Waals surface area (Å²) in [6.45, 7) is 2.40. The zero-order valence-electron chi connectivity index (χ0n) is 17.7. The fraction of sp³-hybridized carbons (Fsp3) is 0.333. The summed E-state index contributed by atoms with van der Waals surface area (Å²) in [5.41, 5.74) is 3.58. The van der Waals surface area contributed by atoms with E-state index in [2.05, 4.69) is 5.32 Å². The smallest absolute Gasteiger partial charge is 0.341 e. The maximum atomic E-state index is 12.9. The van der Waals surface area contributed by atoms with Crippen LogP contribution in [0.4, 0.5) is 5.00 Å². The van der Waals surface area contributed by atoms with Crippen molar-refractivity contribution in [2.45, 2.75) is 45.6 Å². The van der Waals surface area contributed by atoms with E-state index in [0.29, 0.717) is 22.0 Å². The molecule has 2 heterocycles. The van der Waals surface area contributed by atoms with Gasteiger partial charge in [-0.05, 0) is 61.2 Å². The second-order valence-electron chi connectivity index (χ2n) is 7.59. The van der Waals surface area contributed by atoms with Gasteiger partial charge in [0.25, 0.3) is 5.91 Å². The molecule has 0 radical (unpaired) electrons. The van der Waals surface area contributed by atoms with Crippen molar-refractivity contribution in [3.8, 4) is 5.75 Å². The van der Waals surface area contributed by atoms with E-state index >= 15 is 0 Å². The van der Waals surface area contributed by atoms with Crippen molar-refractivity contribution in [3.05, 3.63) is 67.7 Å². The number of aryl methyl sites for hydroxylation is 2.